The molecule has 0 aliphatic heterocycles. The van der Waals surface area contributed by atoms with Gasteiger partial charge in [-0.15, -0.1) is 0 Å². The van der Waals surface area contributed by atoms with Crippen molar-refractivity contribution in [2.45, 2.75) is 27.2 Å². The van der Waals surface area contributed by atoms with Crippen molar-refractivity contribution in [3.63, 3.8) is 0 Å². The van der Waals surface area contributed by atoms with Crippen LogP contribution in [-0.4, -0.2) is 5.78 Å². The minimum atomic E-state index is 0.188. The number of benzene rings is 1. The van der Waals surface area contributed by atoms with Crippen molar-refractivity contribution in [2.75, 3.05) is 0 Å². The van der Waals surface area contributed by atoms with Crippen LogP contribution >= 0.6 is 11.6 Å². The van der Waals surface area contributed by atoms with Crippen molar-refractivity contribution in [1.29, 1.82) is 0 Å². The number of carbonyl (C=O) groups excluding carboxylic acids is 1. The number of carbonyl (C=O) groups is 1. The van der Waals surface area contributed by atoms with E-state index in [4.69, 9.17) is 11.6 Å². The molecule has 2 heteroatoms. The molecule has 0 aliphatic rings. The minimum Gasteiger partial charge on any atom is -0.300 e. The lowest BCUT2D eigenvalue weighted by atomic mass is 9.99. The summed E-state index contributed by atoms with van der Waals surface area (Å²) < 4.78 is 0. The van der Waals surface area contributed by atoms with Crippen LogP contribution in [0.2, 0.25) is 5.02 Å². The zero-order valence-corrected chi connectivity index (χ0v) is 8.90. The Labute approximate surface area is 83.7 Å². The maximum absolute atomic E-state index is 11.0. The maximum Gasteiger partial charge on any atom is 0.134 e. The zero-order valence-electron chi connectivity index (χ0n) is 8.15. The molecule has 0 spiro atoms. The van der Waals surface area contributed by atoms with Gasteiger partial charge in [0.15, 0.2) is 0 Å². The lowest BCUT2D eigenvalue weighted by Crippen LogP contribution is -2.01. The summed E-state index contributed by atoms with van der Waals surface area (Å²) in [6.45, 7) is 5.57. The Morgan fingerprint density at radius 2 is 1.77 bits per heavy atom. The topological polar surface area (TPSA) is 17.1 Å². The van der Waals surface area contributed by atoms with E-state index in [9.17, 15) is 4.79 Å². The lowest BCUT2D eigenvalue weighted by molar-refractivity contribution is -0.116. The third kappa shape index (κ3) is 2.56. The van der Waals surface area contributed by atoms with E-state index >= 15 is 0 Å². The first-order valence-corrected chi connectivity index (χ1v) is 4.63. The average Bonchev–Trinajstić information content (AvgIpc) is 1.96. The molecule has 0 aromatic heterocycles. The van der Waals surface area contributed by atoms with Gasteiger partial charge in [0.1, 0.15) is 5.78 Å². The van der Waals surface area contributed by atoms with Crippen LogP contribution in [0, 0.1) is 13.8 Å². The fraction of sp³-hybridized carbons (Fsp3) is 0.364. The smallest absolute Gasteiger partial charge is 0.134 e. The molecule has 0 unspecified atom stereocenters. The summed E-state index contributed by atoms with van der Waals surface area (Å²) in [5, 5.41) is 0.738. The molecule has 0 saturated heterocycles. The van der Waals surface area contributed by atoms with Gasteiger partial charge in [0.05, 0.1) is 0 Å². The van der Waals surface area contributed by atoms with Gasteiger partial charge in [0.25, 0.3) is 0 Å². The SMILES string of the molecule is CC(=O)Cc1c(C)cc(Cl)cc1C. The highest BCUT2D eigenvalue weighted by atomic mass is 35.5. The van der Waals surface area contributed by atoms with Gasteiger partial charge >= 0.3 is 0 Å². The molecule has 0 fully saturated rings. The maximum atomic E-state index is 11.0. The highest BCUT2D eigenvalue weighted by molar-refractivity contribution is 6.30. The van der Waals surface area contributed by atoms with E-state index < -0.39 is 0 Å². The Bertz CT molecular complexity index is 319. The van der Waals surface area contributed by atoms with Crippen molar-refractivity contribution >= 4 is 17.4 Å². The van der Waals surface area contributed by atoms with Crippen LogP contribution < -0.4 is 0 Å². The summed E-state index contributed by atoms with van der Waals surface area (Å²) in [7, 11) is 0. The molecule has 13 heavy (non-hydrogen) atoms. The van der Waals surface area contributed by atoms with Crippen molar-refractivity contribution in [3.05, 3.63) is 33.8 Å². The highest BCUT2D eigenvalue weighted by Crippen LogP contribution is 2.20. The summed E-state index contributed by atoms with van der Waals surface area (Å²) >= 11 is 5.87. The van der Waals surface area contributed by atoms with Crippen molar-refractivity contribution in [2.24, 2.45) is 0 Å². The molecule has 70 valence electrons. The predicted octanol–water partition coefficient (Wildman–Crippen LogP) is 3.09. The van der Waals surface area contributed by atoms with E-state index in [-0.39, 0.29) is 5.78 Å². The van der Waals surface area contributed by atoms with Gasteiger partial charge in [0.2, 0.25) is 0 Å². The molecule has 0 aliphatic carbocycles. The quantitative estimate of drug-likeness (QED) is 0.711. The first-order chi connectivity index (χ1) is 6.00. The largest absolute Gasteiger partial charge is 0.300 e. The number of aryl methyl sites for hydroxylation is 2. The standard InChI is InChI=1S/C11H13ClO/c1-7-4-10(12)5-8(2)11(7)6-9(3)13/h4-5H,6H2,1-3H3. The number of hydrogen-bond acceptors (Lipinski definition) is 1. The van der Waals surface area contributed by atoms with Gasteiger partial charge in [-0.05, 0) is 49.6 Å². The molecular formula is C11H13ClO. The van der Waals surface area contributed by atoms with E-state index in [1.807, 2.05) is 26.0 Å². The number of rotatable bonds is 2. The van der Waals surface area contributed by atoms with Crippen molar-refractivity contribution < 1.29 is 4.79 Å². The fourth-order valence-electron chi connectivity index (χ4n) is 1.47. The second kappa shape index (κ2) is 3.93. The third-order valence-electron chi connectivity index (χ3n) is 2.09. The Morgan fingerprint density at radius 1 is 1.31 bits per heavy atom. The molecule has 0 heterocycles. The number of halogens is 1. The fourth-order valence-corrected chi connectivity index (χ4v) is 1.80. The molecule has 0 atom stereocenters. The van der Waals surface area contributed by atoms with Gasteiger partial charge in [-0.2, -0.15) is 0 Å². The van der Waals surface area contributed by atoms with Crippen LogP contribution in [0.5, 0.6) is 0 Å². The molecule has 1 aromatic rings. The first kappa shape index (κ1) is 10.3. The number of ketones is 1. The molecule has 0 saturated carbocycles. The van der Waals surface area contributed by atoms with Crippen LogP contribution in [0.3, 0.4) is 0 Å². The van der Waals surface area contributed by atoms with Gasteiger partial charge in [-0.3, -0.25) is 4.79 Å². The molecule has 0 bridgehead atoms. The van der Waals surface area contributed by atoms with Crippen LogP contribution in [-0.2, 0) is 11.2 Å². The van der Waals surface area contributed by atoms with Crippen LogP contribution in [0.25, 0.3) is 0 Å². The summed E-state index contributed by atoms with van der Waals surface area (Å²) in [4.78, 5) is 11.0. The summed E-state index contributed by atoms with van der Waals surface area (Å²) in [6, 6.07) is 3.79. The Hall–Kier alpha value is -0.820. The Balaban J connectivity index is 3.13. The van der Waals surface area contributed by atoms with E-state index in [0.717, 1.165) is 21.7 Å². The van der Waals surface area contributed by atoms with E-state index in [1.54, 1.807) is 6.92 Å². The second-order valence-electron chi connectivity index (χ2n) is 3.40. The average molecular weight is 197 g/mol. The third-order valence-corrected chi connectivity index (χ3v) is 2.30. The molecule has 1 aromatic carbocycles. The Kier molecular flexibility index (Phi) is 3.10. The number of Topliss-reactive ketones (excluding diaryl/α,β-unsaturated/α-hetero) is 1. The second-order valence-corrected chi connectivity index (χ2v) is 3.83. The molecule has 1 nitrogen and oxygen atoms in total. The number of hydrogen-bond donors (Lipinski definition) is 0. The van der Waals surface area contributed by atoms with Crippen LogP contribution in [0.4, 0.5) is 0 Å². The lowest BCUT2D eigenvalue weighted by Gasteiger charge is -2.08. The minimum absolute atomic E-state index is 0.188. The van der Waals surface area contributed by atoms with Gasteiger partial charge < -0.3 is 0 Å². The van der Waals surface area contributed by atoms with E-state index in [2.05, 4.69) is 0 Å². The normalized spacial score (nSPS) is 10.2. The summed E-state index contributed by atoms with van der Waals surface area (Å²) in [6.07, 6.45) is 0.509. The zero-order chi connectivity index (χ0) is 10.0. The van der Waals surface area contributed by atoms with Crippen LogP contribution in [0.15, 0.2) is 12.1 Å². The van der Waals surface area contributed by atoms with E-state index in [1.165, 1.54) is 0 Å². The molecule has 0 amide bonds. The van der Waals surface area contributed by atoms with Crippen molar-refractivity contribution in [1.82, 2.24) is 0 Å². The van der Waals surface area contributed by atoms with Crippen molar-refractivity contribution in [3.8, 4) is 0 Å². The Morgan fingerprint density at radius 3 is 2.15 bits per heavy atom. The van der Waals surface area contributed by atoms with Gasteiger partial charge in [-0.1, -0.05) is 11.6 Å². The monoisotopic (exact) mass is 196 g/mol. The van der Waals surface area contributed by atoms with Gasteiger partial charge in [0, 0.05) is 11.4 Å². The molecule has 0 N–H and O–H groups in total. The predicted molar refractivity (Wildman–Crippen MR) is 55.3 cm³/mol. The summed E-state index contributed by atoms with van der Waals surface area (Å²) in [5.74, 6) is 0.188. The van der Waals surface area contributed by atoms with E-state index in [0.29, 0.717) is 6.42 Å². The first-order valence-electron chi connectivity index (χ1n) is 4.25. The molecule has 1 rings (SSSR count). The summed E-state index contributed by atoms with van der Waals surface area (Å²) in [5.41, 5.74) is 3.30. The van der Waals surface area contributed by atoms with Crippen LogP contribution in [0.1, 0.15) is 23.6 Å². The van der Waals surface area contributed by atoms with Gasteiger partial charge in [-0.25, -0.2) is 0 Å². The highest BCUT2D eigenvalue weighted by Gasteiger charge is 2.06. The molecule has 0 radical (unpaired) electrons. The molecular weight excluding hydrogens is 184 g/mol.